The highest BCUT2D eigenvalue weighted by molar-refractivity contribution is 7.98. The Kier molecular flexibility index (Phi) is 8.74. The molecule has 0 aliphatic carbocycles. The number of sulfonamides is 1. The highest BCUT2D eigenvalue weighted by atomic mass is 32.2. The van der Waals surface area contributed by atoms with Gasteiger partial charge in [0, 0.05) is 16.0 Å². The molecule has 0 saturated heterocycles. The molecule has 174 valence electrons. The maximum Gasteiger partial charge on any atom is 0.264 e. The first-order valence-electron chi connectivity index (χ1n) is 10.2. The Morgan fingerprint density at radius 3 is 2.19 bits per heavy atom. The molecule has 9 heteroatoms. The molecule has 0 atom stereocenters. The summed E-state index contributed by atoms with van der Waals surface area (Å²) in [7, 11) is -3.99. The van der Waals surface area contributed by atoms with E-state index in [9.17, 15) is 13.2 Å². The van der Waals surface area contributed by atoms with Gasteiger partial charge >= 0.3 is 0 Å². The summed E-state index contributed by atoms with van der Waals surface area (Å²) in [4.78, 5) is 13.7. The van der Waals surface area contributed by atoms with Crippen molar-refractivity contribution in [1.29, 1.82) is 0 Å². The van der Waals surface area contributed by atoms with Crippen molar-refractivity contribution in [2.24, 2.45) is 10.5 Å². The van der Waals surface area contributed by atoms with E-state index in [1.54, 1.807) is 48.5 Å². The number of carbonyl (C=O) groups is 1. The summed E-state index contributed by atoms with van der Waals surface area (Å²) in [5.74, 6) is 0.0829. The third-order valence-electron chi connectivity index (χ3n) is 4.80. The molecule has 0 radical (unpaired) electrons. The van der Waals surface area contributed by atoms with Crippen molar-refractivity contribution in [3.8, 4) is 5.75 Å². The van der Waals surface area contributed by atoms with E-state index in [4.69, 9.17) is 4.74 Å². The molecule has 0 aliphatic rings. The number of thioether (sulfide) groups is 1. The number of hydrogen-bond donors (Lipinski definition) is 1. The lowest BCUT2D eigenvalue weighted by molar-refractivity contribution is -0.119. The molecule has 0 fully saturated rings. The summed E-state index contributed by atoms with van der Waals surface area (Å²) in [6.45, 7) is 9.70. The maximum absolute atomic E-state index is 13.4. The second-order valence-electron chi connectivity index (χ2n) is 8.10. The number of nitrogens with one attached hydrogen (secondary N) is 1. The molecule has 0 aliphatic heterocycles. The average Bonchev–Trinajstić information content (AvgIpc) is 2.76. The highest BCUT2D eigenvalue weighted by Crippen LogP contribution is 2.27. The van der Waals surface area contributed by atoms with Crippen molar-refractivity contribution in [2.45, 2.75) is 44.4 Å². The van der Waals surface area contributed by atoms with Gasteiger partial charge in [-0.15, -0.1) is 11.8 Å². The van der Waals surface area contributed by atoms with E-state index in [0.717, 1.165) is 14.9 Å². The number of nitrogens with zero attached hydrogens (tertiary/aromatic N) is 2. The number of anilines is 1. The zero-order valence-corrected chi connectivity index (χ0v) is 21.0. The van der Waals surface area contributed by atoms with E-state index < -0.39 is 22.5 Å². The first-order valence-corrected chi connectivity index (χ1v) is 12.9. The normalized spacial score (nSPS) is 12.4. The number of hydrazone groups is 1. The van der Waals surface area contributed by atoms with Crippen LogP contribution in [-0.4, -0.2) is 39.4 Å². The van der Waals surface area contributed by atoms with Crippen LogP contribution in [0.25, 0.3) is 0 Å². The SMILES string of the molecule is CCOc1ccc(N(CC(=O)N/N=C(/C)C(C)(C)C)S(=O)(=O)c2ccc(SC)cc2)cc1. The van der Waals surface area contributed by atoms with Crippen molar-refractivity contribution in [1.82, 2.24) is 5.43 Å². The minimum absolute atomic E-state index is 0.103. The summed E-state index contributed by atoms with van der Waals surface area (Å²) in [6.07, 6.45) is 1.92. The number of carbonyl (C=O) groups excluding carboxylic acids is 1. The van der Waals surface area contributed by atoms with Gasteiger partial charge in [0.2, 0.25) is 0 Å². The van der Waals surface area contributed by atoms with Crippen LogP contribution >= 0.6 is 11.8 Å². The third kappa shape index (κ3) is 6.74. The van der Waals surface area contributed by atoms with Gasteiger partial charge in [0.1, 0.15) is 12.3 Å². The molecule has 1 N–H and O–H groups in total. The Morgan fingerprint density at radius 1 is 1.09 bits per heavy atom. The third-order valence-corrected chi connectivity index (χ3v) is 7.34. The second-order valence-corrected chi connectivity index (χ2v) is 10.8. The fourth-order valence-electron chi connectivity index (χ4n) is 2.54. The fraction of sp³-hybridized carbons (Fsp3) is 0.391. The number of amides is 1. The number of hydrogen-bond acceptors (Lipinski definition) is 6. The molecule has 0 unspecified atom stereocenters. The molecule has 1 amide bonds. The first-order chi connectivity index (χ1) is 15.0. The summed E-state index contributed by atoms with van der Waals surface area (Å²) in [5, 5.41) is 4.13. The van der Waals surface area contributed by atoms with Crippen molar-refractivity contribution >= 4 is 39.1 Å². The van der Waals surface area contributed by atoms with Crippen molar-refractivity contribution in [3.63, 3.8) is 0 Å². The first kappa shape index (κ1) is 25.7. The van der Waals surface area contributed by atoms with E-state index in [1.807, 2.05) is 40.9 Å². The molecule has 32 heavy (non-hydrogen) atoms. The van der Waals surface area contributed by atoms with Gasteiger partial charge in [0.25, 0.3) is 15.9 Å². The molecule has 0 bridgehead atoms. The topological polar surface area (TPSA) is 88.1 Å². The monoisotopic (exact) mass is 477 g/mol. The maximum atomic E-state index is 13.4. The van der Waals surface area contributed by atoms with E-state index in [2.05, 4.69) is 10.5 Å². The zero-order valence-electron chi connectivity index (χ0n) is 19.4. The van der Waals surface area contributed by atoms with Gasteiger partial charge in [-0.25, -0.2) is 13.8 Å². The molecule has 0 heterocycles. The van der Waals surface area contributed by atoms with Gasteiger partial charge in [-0.3, -0.25) is 9.10 Å². The Labute approximate surface area is 195 Å². The summed E-state index contributed by atoms with van der Waals surface area (Å²) in [6, 6.07) is 13.2. The van der Waals surface area contributed by atoms with E-state index in [-0.39, 0.29) is 10.3 Å². The van der Waals surface area contributed by atoms with Gasteiger partial charge < -0.3 is 4.74 Å². The fourth-order valence-corrected chi connectivity index (χ4v) is 4.37. The molecule has 0 saturated carbocycles. The van der Waals surface area contributed by atoms with Crippen molar-refractivity contribution in [2.75, 3.05) is 23.7 Å². The predicted octanol–water partition coefficient (Wildman–Crippen LogP) is 4.54. The van der Waals surface area contributed by atoms with E-state index in [1.165, 1.54) is 11.8 Å². The van der Waals surface area contributed by atoms with Crippen LogP contribution in [0.3, 0.4) is 0 Å². The minimum atomic E-state index is -3.99. The minimum Gasteiger partial charge on any atom is -0.494 e. The van der Waals surface area contributed by atoms with E-state index in [0.29, 0.717) is 18.0 Å². The summed E-state index contributed by atoms with van der Waals surface area (Å²) in [5.41, 5.74) is 3.35. The van der Waals surface area contributed by atoms with Crippen LogP contribution in [0.5, 0.6) is 5.75 Å². The van der Waals surface area contributed by atoms with Crippen LogP contribution in [0.2, 0.25) is 0 Å². The Morgan fingerprint density at radius 2 is 1.69 bits per heavy atom. The molecule has 0 aromatic heterocycles. The molecule has 2 aromatic rings. The van der Waals surface area contributed by atoms with Gasteiger partial charge in [0.15, 0.2) is 0 Å². The van der Waals surface area contributed by atoms with Crippen molar-refractivity contribution < 1.29 is 17.9 Å². The molecule has 0 spiro atoms. The van der Waals surface area contributed by atoms with Crippen LogP contribution in [0.4, 0.5) is 5.69 Å². The standard InChI is InChI=1S/C23H31N3O4S2/c1-7-30-19-10-8-18(9-11-19)26(16-22(27)25-24-17(2)23(3,4)5)32(28,29)21-14-12-20(31-6)13-15-21/h8-15H,7,16H2,1-6H3,(H,25,27)/b24-17-. The van der Waals surface area contributed by atoms with Gasteiger partial charge in [-0.2, -0.15) is 5.10 Å². The lowest BCUT2D eigenvalue weighted by Crippen LogP contribution is -2.40. The summed E-state index contributed by atoms with van der Waals surface area (Å²) >= 11 is 1.52. The van der Waals surface area contributed by atoms with Gasteiger partial charge in [-0.05, 0) is 68.6 Å². The Balaban J connectivity index is 2.39. The molecular weight excluding hydrogens is 446 g/mol. The van der Waals surface area contributed by atoms with Gasteiger partial charge in [-0.1, -0.05) is 20.8 Å². The lowest BCUT2D eigenvalue weighted by atomic mass is 9.91. The largest absolute Gasteiger partial charge is 0.494 e. The van der Waals surface area contributed by atoms with Gasteiger partial charge in [0.05, 0.1) is 17.2 Å². The number of rotatable bonds is 9. The van der Waals surface area contributed by atoms with Crippen LogP contribution in [0, 0.1) is 5.41 Å². The lowest BCUT2D eigenvalue weighted by Gasteiger charge is -2.24. The molecule has 7 nitrogen and oxygen atoms in total. The quantitative estimate of drug-likeness (QED) is 0.325. The molecule has 2 rings (SSSR count). The molecule has 2 aromatic carbocycles. The Hall–Kier alpha value is -2.52. The number of ether oxygens (including phenoxy) is 1. The average molecular weight is 478 g/mol. The van der Waals surface area contributed by atoms with Crippen LogP contribution in [0.15, 0.2) is 63.4 Å². The van der Waals surface area contributed by atoms with Crippen LogP contribution in [0.1, 0.15) is 34.6 Å². The second kappa shape index (κ2) is 10.9. The Bertz CT molecular complexity index is 1040. The predicted molar refractivity (Wildman–Crippen MR) is 131 cm³/mol. The van der Waals surface area contributed by atoms with Crippen molar-refractivity contribution in [3.05, 3.63) is 48.5 Å². The number of benzene rings is 2. The van der Waals surface area contributed by atoms with Crippen LogP contribution < -0.4 is 14.5 Å². The summed E-state index contributed by atoms with van der Waals surface area (Å²) < 4.78 is 33.4. The zero-order chi connectivity index (χ0) is 23.9. The highest BCUT2D eigenvalue weighted by Gasteiger charge is 2.27. The molecular formula is C23H31N3O4S2. The van der Waals surface area contributed by atoms with Crippen LogP contribution in [-0.2, 0) is 14.8 Å². The smallest absolute Gasteiger partial charge is 0.264 e. The van der Waals surface area contributed by atoms with E-state index >= 15 is 0 Å².